The second kappa shape index (κ2) is 9.24. The van der Waals surface area contributed by atoms with Crippen molar-refractivity contribution in [3.63, 3.8) is 0 Å². The summed E-state index contributed by atoms with van der Waals surface area (Å²) < 4.78 is 19.3. The van der Waals surface area contributed by atoms with Gasteiger partial charge in [0.05, 0.1) is 12.8 Å². The Kier molecular flexibility index (Phi) is 7.67. The molecule has 8 heteroatoms. The summed E-state index contributed by atoms with van der Waals surface area (Å²) in [5.41, 5.74) is 0. The van der Waals surface area contributed by atoms with Crippen LogP contribution in [0, 0.1) is 11.8 Å². The first kappa shape index (κ1) is 19.9. The van der Waals surface area contributed by atoms with Crippen LogP contribution in [-0.2, 0) is 38.1 Å². The normalized spacial score (nSPS) is 28.3. The first-order valence-corrected chi connectivity index (χ1v) is 7.84. The molecule has 0 radical (unpaired) electrons. The van der Waals surface area contributed by atoms with Crippen molar-refractivity contribution in [2.45, 2.75) is 52.7 Å². The Morgan fingerprint density at radius 2 is 1.21 bits per heavy atom. The van der Waals surface area contributed by atoms with E-state index in [1.807, 2.05) is 13.8 Å². The Labute approximate surface area is 140 Å². The molecule has 0 aromatic heterocycles. The molecule has 0 aromatic rings. The van der Waals surface area contributed by atoms with Gasteiger partial charge in [-0.25, -0.2) is 0 Å². The largest absolute Gasteiger partial charge is 0.462 e. The zero-order chi connectivity index (χ0) is 18.3. The van der Waals surface area contributed by atoms with Crippen molar-refractivity contribution < 1.29 is 38.1 Å². The van der Waals surface area contributed by atoms with Crippen molar-refractivity contribution in [3.05, 3.63) is 0 Å². The summed E-state index contributed by atoms with van der Waals surface area (Å²) in [7, 11) is 0. The van der Waals surface area contributed by atoms with Crippen LogP contribution in [-0.4, -0.2) is 49.3 Å². The first-order chi connectivity index (χ1) is 11.2. The fourth-order valence-corrected chi connectivity index (χ4v) is 2.25. The lowest BCUT2D eigenvalue weighted by molar-refractivity contribution is -0.151. The molecule has 0 bridgehead atoms. The van der Waals surface area contributed by atoms with E-state index in [9.17, 15) is 19.2 Å². The highest BCUT2D eigenvalue weighted by molar-refractivity contribution is 5.72. The van der Waals surface area contributed by atoms with Gasteiger partial charge in [-0.1, -0.05) is 13.8 Å². The topological polar surface area (TPSA) is 105 Å². The van der Waals surface area contributed by atoms with E-state index in [0.29, 0.717) is 12.8 Å². The molecule has 4 atom stereocenters. The Morgan fingerprint density at radius 1 is 0.875 bits per heavy atom. The minimum absolute atomic E-state index is 0.150. The Hall–Kier alpha value is -2.12. The molecule has 0 amide bonds. The molecule has 2 aliphatic heterocycles. The highest BCUT2D eigenvalue weighted by Crippen LogP contribution is 2.22. The summed E-state index contributed by atoms with van der Waals surface area (Å²) in [6.45, 7) is 6.84. The molecule has 0 N–H and O–H groups in total. The van der Waals surface area contributed by atoms with Crippen molar-refractivity contribution >= 4 is 23.9 Å². The van der Waals surface area contributed by atoms with Crippen LogP contribution < -0.4 is 0 Å². The van der Waals surface area contributed by atoms with E-state index in [1.165, 1.54) is 13.8 Å². The number of ether oxygens (including phenoxy) is 4. The standard InChI is InChI=1S/2C8H12O4/c2*1-5-3-8(10)12-7(5)4-11-6(2)9/h2*5,7H,3-4H2,1-2H3/t5-,7+;5-,7-/m00/s1. The second-order valence-corrected chi connectivity index (χ2v) is 6.02. The summed E-state index contributed by atoms with van der Waals surface area (Å²) in [5, 5.41) is 0. The number of rotatable bonds is 4. The van der Waals surface area contributed by atoms with Crippen molar-refractivity contribution in [3.8, 4) is 0 Å². The maximum atomic E-state index is 10.7. The Balaban J connectivity index is 0.000000240. The minimum atomic E-state index is -0.342. The van der Waals surface area contributed by atoms with Gasteiger partial charge in [-0.15, -0.1) is 0 Å². The van der Waals surface area contributed by atoms with Crippen LogP contribution >= 0.6 is 0 Å². The van der Waals surface area contributed by atoms with Gasteiger partial charge in [0.15, 0.2) is 0 Å². The van der Waals surface area contributed by atoms with Crippen molar-refractivity contribution in [2.24, 2.45) is 11.8 Å². The SMILES string of the molecule is CC(=O)OC[C@@H]1OC(=O)C[C@@H]1C.CC(=O)OC[C@H]1OC(=O)C[C@@H]1C. The zero-order valence-corrected chi connectivity index (χ0v) is 14.4. The third-order valence-corrected chi connectivity index (χ3v) is 3.71. The van der Waals surface area contributed by atoms with Gasteiger partial charge in [-0.2, -0.15) is 0 Å². The number of hydrogen-bond acceptors (Lipinski definition) is 8. The van der Waals surface area contributed by atoms with Crippen molar-refractivity contribution in [1.82, 2.24) is 0 Å². The summed E-state index contributed by atoms with van der Waals surface area (Å²) in [6, 6.07) is 0. The molecule has 0 aromatic carbocycles. The van der Waals surface area contributed by atoms with Crippen LogP contribution in [0.2, 0.25) is 0 Å². The lowest BCUT2D eigenvalue weighted by atomic mass is 10.1. The molecule has 2 heterocycles. The molecule has 24 heavy (non-hydrogen) atoms. The quantitative estimate of drug-likeness (QED) is 0.549. The van der Waals surface area contributed by atoms with E-state index < -0.39 is 0 Å². The summed E-state index contributed by atoms with van der Waals surface area (Å²) in [4.78, 5) is 42.3. The maximum Gasteiger partial charge on any atom is 0.306 e. The summed E-state index contributed by atoms with van der Waals surface area (Å²) in [6.07, 6.45) is 0.348. The number of hydrogen-bond donors (Lipinski definition) is 0. The third-order valence-electron chi connectivity index (χ3n) is 3.71. The van der Waals surface area contributed by atoms with E-state index in [1.54, 1.807) is 0 Å². The van der Waals surface area contributed by atoms with Crippen LogP contribution in [0.25, 0.3) is 0 Å². The van der Waals surface area contributed by atoms with Crippen LogP contribution in [0.1, 0.15) is 40.5 Å². The van der Waals surface area contributed by atoms with E-state index in [4.69, 9.17) is 18.9 Å². The Morgan fingerprint density at radius 3 is 1.42 bits per heavy atom. The van der Waals surface area contributed by atoms with Crippen LogP contribution in [0.15, 0.2) is 0 Å². The van der Waals surface area contributed by atoms with Gasteiger partial charge in [0, 0.05) is 25.7 Å². The lowest BCUT2D eigenvalue weighted by Gasteiger charge is -2.12. The van der Waals surface area contributed by atoms with Crippen LogP contribution in [0.4, 0.5) is 0 Å². The molecule has 8 nitrogen and oxygen atoms in total. The van der Waals surface area contributed by atoms with Gasteiger partial charge in [0.2, 0.25) is 0 Å². The number of cyclic esters (lactones) is 2. The fourth-order valence-electron chi connectivity index (χ4n) is 2.25. The molecule has 0 aliphatic carbocycles. The zero-order valence-electron chi connectivity index (χ0n) is 14.4. The van der Waals surface area contributed by atoms with Gasteiger partial charge in [0.25, 0.3) is 0 Å². The molecular formula is C16H24O8. The van der Waals surface area contributed by atoms with E-state index >= 15 is 0 Å². The highest BCUT2D eigenvalue weighted by Gasteiger charge is 2.32. The predicted molar refractivity (Wildman–Crippen MR) is 80.6 cm³/mol. The minimum Gasteiger partial charge on any atom is -0.462 e. The molecule has 2 fully saturated rings. The monoisotopic (exact) mass is 344 g/mol. The van der Waals surface area contributed by atoms with Gasteiger partial charge < -0.3 is 18.9 Å². The smallest absolute Gasteiger partial charge is 0.306 e. The van der Waals surface area contributed by atoms with Crippen LogP contribution in [0.5, 0.6) is 0 Å². The third kappa shape index (κ3) is 6.97. The van der Waals surface area contributed by atoms with Crippen molar-refractivity contribution in [1.29, 1.82) is 0 Å². The number of carbonyl (C=O) groups excluding carboxylic acids is 4. The van der Waals surface area contributed by atoms with E-state index in [-0.39, 0.29) is 61.1 Å². The lowest BCUT2D eigenvalue weighted by Crippen LogP contribution is -2.22. The molecule has 0 unspecified atom stereocenters. The molecule has 0 saturated carbocycles. The molecular weight excluding hydrogens is 320 g/mol. The van der Waals surface area contributed by atoms with Gasteiger partial charge >= 0.3 is 23.9 Å². The van der Waals surface area contributed by atoms with E-state index in [2.05, 4.69) is 0 Å². The second-order valence-electron chi connectivity index (χ2n) is 6.02. The molecule has 0 spiro atoms. The van der Waals surface area contributed by atoms with E-state index in [0.717, 1.165) is 0 Å². The molecule has 2 rings (SSSR count). The van der Waals surface area contributed by atoms with Crippen LogP contribution in [0.3, 0.4) is 0 Å². The average Bonchev–Trinajstić information content (AvgIpc) is 2.96. The summed E-state index contributed by atoms with van der Waals surface area (Å²) in [5.74, 6) is -0.802. The Bertz CT molecular complexity index is 442. The number of esters is 4. The first-order valence-electron chi connectivity index (χ1n) is 7.84. The van der Waals surface area contributed by atoms with Crippen molar-refractivity contribution in [2.75, 3.05) is 13.2 Å². The number of carbonyl (C=O) groups is 4. The average molecular weight is 344 g/mol. The molecule has 136 valence electrons. The van der Waals surface area contributed by atoms with Gasteiger partial charge in [-0.3, -0.25) is 19.2 Å². The van der Waals surface area contributed by atoms with Gasteiger partial charge in [-0.05, 0) is 0 Å². The fraction of sp³-hybridized carbons (Fsp3) is 0.750. The molecule has 2 saturated heterocycles. The predicted octanol–water partition coefficient (Wildman–Crippen LogP) is 1.00. The molecule has 2 aliphatic rings. The highest BCUT2D eigenvalue weighted by atomic mass is 16.6. The summed E-state index contributed by atoms with van der Waals surface area (Å²) >= 11 is 0. The maximum absolute atomic E-state index is 10.7. The van der Waals surface area contributed by atoms with Gasteiger partial charge in [0.1, 0.15) is 25.4 Å².